The van der Waals surface area contributed by atoms with Gasteiger partial charge in [0.2, 0.25) is 0 Å². The molecule has 0 unspecified atom stereocenters. The SMILES string of the molecule is O=P(CN(O)Cc1ccccc1)(Oc1ccccc1)Oc1ccccc1. The Balaban J connectivity index is 1.76. The van der Waals surface area contributed by atoms with Gasteiger partial charge in [0.1, 0.15) is 17.8 Å². The fourth-order valence-corrected chi connectivity index (χ4v) is 3.94. The number of hydrogen-bond acceptors (Lipinski definition) is 5. The standard InChI is InChI=1S/C20H20NO4P/c22-21(16-18-10-4-1-5-11-18)17-26(23,24-19-12-6-2-7-13-19)25-20-14-8-3-9-15-20/h1-15,22H,16-17H2. The van der Waals surface area contributed by atoms with E-state index in [0.29, 0.717) is 11.5 Å². The van der Waals surface area contributed by atoms with Crippen LogP contribution in [0.2, 0.25) is 0 Å². The summed E-state index contributed by atoms with van der Waals surface area (Å²) in [6.07, 6.45) is -0.272. The first-order valence-corrected chi connectivity index (χ1v) is 9.92. The first-order chi connectivity index (χ1) is 12.6. The molecule has 0 atom stereocenters. The van der Waals surface area contributed by atoms with E-state index in [9.17, 15) is 9.77 Å². The van der Waals surface area contributed by atoms with Gasteiger partial charge in [0, 0.05) is 6.54 Å². The quantitative estimate of drug-likeness (QED) is 0.438. The molecule has 6 heteroatoms. The zero-order valence-corrected chi connectivity index (χ0v) is 15.0. The zero-order chi connectivity index (χ0) is 18.2. The number of benzene rings is 3. The summed E-state index contributed by atoms with van der Waals surface area (Å²) < 4.78 is 24.6. The molecule has 0 aliphatic heterocycles. The molecule has 3 aromatic rings. The molecule has 1 N–H and O–H groups in total. The van der Waals surface area contributed by atoms with Crippen LogP contribution < -0.4 is 9.05 Å². The maximum absolute atomic E-state index is 13.3. The maximum atomic E-state index is 13.3. The van der Waals surface area contributed by atoms with Crippen LogP contribution in [0.4, 0.5) is 0 Å². The highest BCUT2D eigenvalue weighted by molar-refractivity contribution is 7.54. The van der Waals surface area contributed by atoms with Crippen molar-refractivity contribution < 1.29 is 18.8 Å². The number of rotatable bonds is 8. The Morgan fingerprint density at radius 1 is 0.731 bits per heavy atom. The van der Waals surface area contributed by atoms with E-state index in [4.69, 9.17) is 9.05 Å². The number of para-hydroxylation sites is 2. The summed E-state index contributed by atoms with van der Waals surface area (Å²) in [4.78, 5) is 0. The second-order valence-electron chi connectivity index (χ2n) is 5.71. The van der Waals surface area contributed by atoms with Gasteiger partial charge in [0.15, 0.2) is 0 Å². The summed E-state index contributed by atoms with van der Waals surface area (Å²) in [5.41, 5.74) is 0.890. The largest absolute Gasteiger partial charge is 0.447 e. The summed E-state index contributed by atoms with van der Waals surface area (Å²) in [5.74, 6) is 0.833. The first-order valence-electron chi connectivity index (χ1n) is 8.19. The second kappa shape index (κ2) is 8.68. The van der Waals surface area contributed by atoms with E-state index in [2.05, 4.69) is 0 Å². The highest BCUT2D eigenvalue weighted by atomic mass is 31.2. The van der Waals surface area contributed by atoms with Crippen molar-refractivity contribution in [1.82, 2.24) is 5.06 Å². The van der Waals surface area contributed by atoms with Gasteiger partial charge in [-0.05, 0) is 29.8 Å². The van der Waals surface area contributed by atoms with Gasteiger partial charge in [0.05, 0.1) is 0 Å². The van der Waals surface area contributed by atoms with E-state index in [1.54, 1.807) is 48.5 Å². The second-order valence-corrected chi connectivity index (χ2v) is 7.58. The van der Waals surface area contributed by atoms with E-state index in [0.717, 1.165) is 10.6 Å². The topological polar surface area (TPSA) is 59.0 Å². The van der Waals surface area contributed by atoms with Gasteiger partial charge in [-0.3, -0.25) is 0 Å². The molecule has 26 heavy (non-hydrogen) atoms. The molecule has 0 fully saturated rings. The van der Waals surface area contributed by atoms with Crippen molar-refractivity contribution in [3.63, 3.8) is 0 Å². The fourth-order valence-electron chi connectivity index (χ4n) is 2.40. The normalized spacial score (nSPS) is 11.3. The number of nitrogens with zero attached hydrogens (tertiary/aromatic N) is 1. The molecule has 0 spiro atoms. The lowest BCUT2D eigenvalue weighted by molar-refractivity contribution is -0.0851. The molecule has 0 aliphatic rings. The van der Waals surface area contributed by atoms with Crippen LogP contribution in [0.3, 0.4) is 0 Å². The third kappa shape index (κ3) is 5.46. The minimum absolute atomic E-state index is 0.209. The van der Waals surface area contributed by atoms with Crippen molar-refractivity contribution in [1.29, 1.82) is 0 Å². The van der Waals surface area contributed by atoms with Crippen LogP contribution in [-0.4, -0.2) is 16.6 Å². The van der Waals surface area contributed by atoms with Gasteiger partial charge < -0.3 is 14.3 Å². The molecule has 0 aliphatic carbocycles. The first kappa shape index (κ1) is 18.2. The minimum atomic E-state index is -3.68. The van der Waals surface area contributed by atoms with Crippen molar-refractivity contribution in [2.24, 2.45) is 0 Å². The van der Waals surface area contributed by atoms with Crippen molar-refractivity contribution in [3.05, 3.63) is 96.6 Å². The van der Waals surface area contributed by atoms with Gasteiger partial charge in [-0.25, -0.2) is 4.57 Å². The number of hydrogen-bond donors (Lipinski definition) is 1. The van der Waals surface area contributed by atoms with Gasteiger partial charge in [-0.15, -0.1) is 0 Å². The number of hydroxylamine groups is 2. The van der Waals surface area contributed by atoms with Gasteiger partial charge in [0.25, 0.3) is 0 Å². The molecule has 3 rings (SSSR count). The molecule has 0 radical (unpaired) electrons. The smallest absolute Gasteiger partial charge is 0.415 e. The van der Waals surface area contributed by atoms with E-state index < -0.39 is 7.60 Å². The van der Waals surface area contributed by atoms with Crippen LogP contribution in [0.1, 0.15) is 5.56 Å². The van der Waals surface area contributed by atoms with Crippen LogP contribution in [0.5, 0.6) is 11.5 Å². The summed E-state index contributed by atoms with van der Waals surface area (Å²) >= 11 is 0. The Morgan fingerprint density at radius 2 is 1.15 bits per heavy atom. The summed E-state index contributed by atoms with van der Waals surface area (Å²) in [5, 5.41) is 11.2. The van der Waals surface area contributed by atoms with Crippen molar-refractivity contribution in [3.8, 4) is 11.5 Å². The lowest BCUT2D eigenvalue weighted by Crippen LogP contribution is -2.23. The Labute approximate surface area is 152 Å². The maximum Gasteiger partial charge on any atom is 0.447 e. The van der Waals surface area contributed by atoms with Gasteiger partial charge in [-0.1, -0.05) is 66.7 Å². The minimum Gasteiger partial charge on any atom is -0.415 e. The molecule has 134 valence electrons. The third-order valence-corrected chi connectivity index (χ3v) is 5.17. The monoisotopic (exact) mass is 369 g/mol. The highest BCUT2D eigenvalue weighted by Crippen LogP contribution is 2.48. The van der Waals surface area contributed by atoms with E-state index in [1.165, 1.54) is 0 Å². The predicted octanol–water partition coefficient (Wildman–Crippen LogP) is 5.19. The summed E-state index contributed by atoms with van der Waals surface area (Å²) in [6, 6.07) is 27.0. The molecular formula is C20H20NO4P. The molecule has 3 aromatic carbocycles. The molecular weight excluding hydrogens is 349 g/mol. The lowest BCUT2D eigenvalue weighted by Gasteiger charge is -2.23. The average molecular weight is 369 g/mol. The van der Waals surface area contributed by atoms with Crippen molar-refractivity contribution in [2.45, 2.75) is 6.54 Å². The predicted molar refractivity (Wildman–Crippen MR) is 100 cm³/mol. The summed E-state index contributed by atoms with van der Waals surface area (Å²) in [7, 11) is -3.68. The van der Waals surface area contributed by atoms with E-state index in [1.807, 2.05) is 42.5 Å². The Kier molecular flexibility index (Phi) is 6.08. The molecule has 0 saturated heterocycles. The van der Waals surface area contributed by atoms with Crippen molar-refractivity contribution >= 4 is 7.60 Å². The Morgan fingerprint density at radius 3 is 1.62 bits per heavy atom. The molecule has 0 bridgehead atoms. The molecule has 0 saturated carbocycles. The molecule has 0 heterocycles. The summed E-state index contributed by atoms with van der Waals surface area (Å²) in [6.45, 7) is 0.209. The van der Waals surface area contributed by atoms with Crippen LogP contribution in [0.25, 0.3) is 0 Å². The molecule has 5 nitrogen and oxygen atoms in total. The highest BCUT2D eigenvalue weighted by Gasteiger charge is 2.31. The van der Waals surface area contributed by atoms with Crippen LogP contribution in [0.15, 0.2) is 91.0 Å². The Bertz CT molecular complexity index is 798. The van der Waals surface area contributed by atoms with E-state index >= 15 is 0 Å². The van der Waals surface area contributed by atoms with Crippen molar-refractivity contribution in [2.75, 3.05) is 6.29 Å². The van der Waals surface area contributed by atoms with Gasteiger partial charge in [-0.2, -0.15) is 5.06 Å². The van der Waals surface area contributed by atoms with Gasteiger partial charge >= 0.3 is 7.60 Å². The van der Waals surface area contributed by atoms with Crippen LogP contribution in [-0.2, 0) is 11.1 Å². The fraction of sp³-hybridized carbons (Fsp3) is 0.100. The molecule has 0 aromatic heterocycles. The Hall–Kier alpha value is -2.59. The molecule has 0 amide bonds. The van der Waals surface area contributed by atoms with E-state index in [-0.39, 0.29) is 12.8 Å². The van der Waals surface area contributed by atoms with Crippen LogP contribution >= 0.6 is 7.60 Å². The third-order valence-electron chi connectivity index (χ3n) is 3.52. The zero-order valence-electron chi connectivity index (χ0n) is 14.1. The van der Waals surface area contributed by atoms with Crippen LogP contribution in [0, 0.1) is 0 Å². The average Bonchev–Trinajstić information content (AvgIpc) is 2.63. The lowest BCUT2D eigenvalue weighted by atomic mass is 10.2.